The van der Waals surface area contributed by atoms with Gasteiger partial charge in [-0.2, -0.15) is 0 Å². The quantitative estimate of drug-likeness (QED) is 0.877. The Bertz CT molecular complexity index is 354. The second-order valence-electron chi connectivity index (χ2n) is 4.76. The molecule has 1 nitrogen and oxygen atoms in total. The van der Waals surface area contributed by atoms with Crippen molar-refractivity contribution in [3.63, 3.8) is 0 Å². The van der Waals surface area contributed by atoms with Crippen LogP contribution in [0.25, 0.3) is 0 Å². The topological polar surface area (TPSA) is 26.0 Å². The summed E-state index contributed by atoms with van der Waals surface area (Å²) in [6, 6.07) is 1.80. The van der Waals surface area contributed by atoms with Crippen LogP contribution in [-0.2, 0) is 6.42 Å². The summed E-state index contributed by atoms with van der Waals surface area (Å²) in [5, 5.41) is 0. The van der Waals surface area contributed by atoms with E-state index in [2.05, 4.69) is 15.9 Å². The predicted octanol–water partition coefficient (Wildman–Crippen LogP) is 3.48. The van der Waals surface area contributed by atoms with E-state index in [1.807, 2.05) is 27.7 Å². The molecule has 0 bridgehead atoms. The zero-order valence-corrected chi connectivity index (χ0v) is 11.2. The smallest absolute Gasteiger partial charge is 0.140 e. The summed E-state index contributed by atoms with van der Waals surface area (Å²) in [5.74, 6) is -0.184. The van der Waals surface area contributed by atoms with Gasteiger partial charge in [-0.1, -0.05) is 0 Å². The fraction of sp³-hybridized carbons (Fsp3) is 0.500. The van der Waals surface area contributed by atoms with Crippen LogP contribution in [0.2, 0.25) is 0 Å². The van der Waals surface area contributed by atoms with Gasteiger partial charge < -0.3 is 5.73 Å². The van der Waals surface area contributed by atoms with E-state index in [4.69, 9.17) is 5.73 Å². The first-order chi connectivity index (χ1) is 6.72. The molecule has 0 atom stereocenters. The largest absolute Gasteiger partial charge is 0.325 e. The molecule has 0 aliphatic heterocycles. The first-order valence-corrected chi connectivity index (χ1v) is 5.74. The number of hydrogen-bond donors (Lipinski definition) is 1. The van der Waals surface area contributed by atoms with Crippen molar-refractivity contribution in [2.24, 2.45) is 5.73 Å². The lowest BCUT2D eigenvalue weighted by Crippen LogP contribution is -2.35. The van der Waals surface area contributed by atoms with E-state index in [1.54, 1.807) is 6.07 Å². The molecule has 0 radical (unpaired) electrons. The average molecular weight is 274 g/mol. The minimum absolute atomic E-state index is 0.184. The molecule has 0 aromatic heterocycles. The molecule has 0 unspecified atom stereocenters. The lowest BCUT2D eigenvalue weighted by Gasteiger charge is -2.21. The van der Waals surface area contributed by atoms with Crippen LogP contribution >= 0.6 is 15.9 Å². The number of halogens is 2. The highest BCUT2D eigenvalue weighted by Gasteiger charge is 2.19. The second kappa shape index (κ2) is 4.22. The van der Waals surface area contributed by atoms with Gasteiger partial charge in [-0.25, -0.2) is 4.39 Å². The van der Waals surface area contributed by atoms with Crippen molar-refractivity contribution in [2.45, 2.75) is 39.7 Å². The third kappa shape index (κ3) is 3.02. The fourth-order valence-corrected chi connectivity index (χ4v) is 2.16. The van der Waals surface area contributed by atoms with E-state index < -0.39 is 5.54 Å². The van der Waals surface area contributed by atoms with Crippen molar-refractivity contribution >= 4 is 15.9 Å². The summed E-state index contributed by atoms with van der Waals surface area (Å²) < 4.78 is 14.4. The predicted molar refractivity (Wildman–Crippen MR) is 65.5 cm³/mol. The summed E-state index contributed by atoms with van der Waals surface area (Å²) >= 11 is 3.22. The lowest BCUT2D eigenvalue weighted by atomic mass is 9.91. The molecule has 1 aromatic carbocycles. The number of hydrogen-bond acceptors (Lipinski definition) is 1. The van der Waals surface area contributed by atoms with E-state index in [0.717, 1.165) is 16.7 Å². The summed E-state index contributed by atoms with van der Waals surface area (Å²) in [7, 11) is 0. The van der Waals surface area contributed by atoms with Crippen LogP contribution < -0.4 is 5.73 Å². The minimum Gasteiger partial charge on any atom is -0.325 e. The normalized spacial score (nSPS) is 11.9. The maximum atomic E-state index is 13.9. The van der Waals surface area contributed by atoms with E-state index in [0.29, 0.717) is 10.9 Å². The first kappa shape index (κ1) is 12.7. The minimum atomic E-state index is -0.390. The molecule has 0 spiro atoms. The summed E-state index contributed by atoms with van der Waals surface area (Å²) in [5.41, 5.74) is 8.33. The number of rotatable bonds is 2. The van der Waals surface area contributed by atoms with Crippen LogP contribution in [0.4, 0.5) is 4.39 Å². The Hall–Kier alpha value is -0.410. The van der Waals surface area contributed by atoms with Crippen molar-refractivity contribution in [1.82, 2.24) is 0 Å². The molecule has 1 rings (SSSR count). The third-order valence-corrected chi connectivity index (χ3v) is 3.07. The van der Waals surface area contributed by atoms with Crippen LogP contribution in [0.3, 0.4) is 0 Å². The Kier molecular flexibility index (Phi) is 3.56. The van der Waals surface area contributed by atoms with Gasteiger partial charge in [0.05, 0.1) is 4.47 Å². The van der Waals surface area contributed by atoms with E-state index in [1.165, 1.54) is 0 Å². The molecule has 1 aromatic rings. The van der Waals surface area contributed by atoms with Crippen LogP contribution in [0.1, 0.15) is 30.5 Å². The fourth-order valence-electron chi connectivity index (χ4n) is 1.57. The van der Waals surface area contributed by atoms with Gasteiger partial charge >= 0.3 is 0 Å². The van der Waals surface area contributed by atoms with E-state index in [-0.39, 0.29) is 5.82 Å². The maximum Gasteiger partial charge on any atom is 0.140 e. The highest BCUT2D eigenvalue weighted by Crippen LogP contribution is 2.27. The summed E-state index contributed by atoms with van der Waals surface area (Å²) in [6.07, 6.45) is 0.547. The standard InChI is InChI=1S/C12H17BrFN/c1-7-5-10(13)11(14)9(8(7)2)6-12(3,4)15/h5H,6,15H2,1-4H3. The molecule has 3 heteroatoms. The van der Waals surface area contributed by atoms with Gasteiger partial charge in [0.15, 0.2) is 0 Å². The summed E-state index contributed by atoms with van der Waals surface area (Å²) in [6.45, 7) is 7.72. The van der Waals surface area contributed by atoms with Gasteiger partial charge in [0.1, 0.15) is 5.82 Å². The highest BCUT2D eigenvalue weighted by molar-refractivity contribution is 9.10. The van der Waals surface area contributed by atoms with E-state index in [9.17, 15) is 4.39 Å². The molecule has 0 saturated carbocycles. The molecule has 0 heterocycles. The molecule has 0 fully saturated rings. The van der Waals surface area contributed by atoms with Crippen LogP contribution in [0.15, 0.2) is 10.5 Å². The Morgan fingerprint density at radius 1 is 1.40 bits per heavy atom. The van der Waals surface area contributed by atoms with Crippen LogP contribution in [0.5, 0.6) is 0 Å². The molecule has 2 N–H and O–H groups in total. The van der Waals surface area contributed by atoms with Gasteiger partial charge in [0.25, 0.3) is 0 Å². The van der Waals surface area contributed by atoms with Crippen molar-refractivity contribution in [3.8, 4) is 0 Å². The van der Waals surface area contributed by atoms with Gasteiger partial charge in [-0.15, -0.1) is 0 Å². The molecular weight excluding hydrogens is 257 g/mol. The third-order valence-electron chi connectivity index (χ3n) is 2.49. The number of aryl methyl sites for hydroxylation is 1. The zero-order chi connectivity index (χ0) is 11.8. The Morgan fingerprint density at radius 2 is 1.93 bits per heavy atom. The van der Waals surface area contributed by atoms with Crippen molar-refractivity contribution in [1.29, 1.82) is 0 Å². The highest BCUT2D eigenvalue weighted by atomic mass is 79.9. The maximum absolute atomic E-state index is 13.9. The monoisotopic (exact) mass is 273 g/mol. The van der Waals surface area contributed by atoms with Crippen LogP contribution in [-0.4, -0.2) is 5.54 Å². The van der Waals surface area contributed by atoms with Gasteiger partial charge in [-0.3, -0.25) is 0 Å². The molecular formula is C12H17BrFN. The average Bonchev–Trinajstić information content (AvgIpc) is 2.08. The molecule has 0 aliphatic rings. The second-order valence-corrected chi connectivity index (χ2v) is 5.61. The van der Waals surface area contributed by atoms with Crippen molar-refractivity contribution in [2.75, 3.05) is 0 Å². The molecule has 84 valence electrons. The Labute approximate surface area is 99.0 Å². The zero-order valence-electron chi connectivity index (χ0n) is 9.62. The summed E-state index contributed by atoms with van der Waals surface area (Å²) in [4.78, 5) is 0. The van der Waals surface area contributed by atoms with Crippen molar-refractivity contribution < 1.29 is 4.39 Å². The lowest BCUT2D eigenvalue weighted by molar-refractivity contribution is 0.493. The number of nitrogens with two attached hydrogens (primary N) is 1. The van der Waals surface area contributed by atoms with Gasteiger partial charge in [0.2, 0.25) is 0 Å². The van der Waals surface area contributed by atoms with Crippen molar-refractivity contribution in [3.05, 3.63) is 33.0 Å². The SMILES string of the molecule is Cc1cc(Br)c(F)c(CC(C)(C)N)c1C. The first-order valence-electron chi connectivity index (χ1n) is 4.95. The van der Waals surface area contributed by atoms with Gasteiger partial charge in [-0.05, 0) is 72.8 Å². The van der Waals surface area contributed by atoms with Gasteiger partial charge in [0, 0.05) is 5.54 Å². The molecule has 0 aliphatic carbocycles. The molecule has 0 saturated heterocycles. The van der Waals surface area contributed by atoms with E-state index >= 15 is 0 Å². The Balaban J connectivity index is 3.27. The van der Waals surface area contributed by atoms with Crippen LogP contribution in [0, 0.1) is 19.7 Å². The Morgan fingerprint density at radius 3 is 2.40 bits per heavy atom. The molecule has 0 amide bonds. The molecule has 15 heavy (non-hydrogen) atoms. The number of benzene rings is 1.